The van der Waals surface area contributed by atoms with Crippen molar-refractivity contribution in [2.45, 2.75) is 31.4 Å². The number of hydrogen-bond donors (Lipinski definition) is 1. The van der Waals surface area contributed by atoms with Gasteiger partial charge in [-0.2, -0.15) is 11.3 Å². The van der Waals surface area contributed by atoms with Crippen LogP contribution in [0.15, 0.2) is 16.8 Å². The van der Waals surface area contributed by atoms with Crippen LogP contribution in [-0.4, -0.2) is 43.1 Å². The molecule has 3 heterocycles. The van der Waals surface area contributed by atoms with Crippen molar-refractivity contribution in [1.29, 1.82) is 0 Å². The molecule has 2 unspecified atom stereocenters. The van der Waals surface area contributed by atoms with E-state index in [1.54, 1.807) is 11.3 Å². The van der Waals surface area contributed by atoms with E-state index < -0.39 is 0 Å². The highest BCUT2D eigenvalue weighted by molar-refractivity contribution is 7.07. The number of carbonyl (C=O) groups is 1. The molecule has 0 spiro atoms. The fraction of sp³-hybridized carbons (Fsp3) is 0.643. The molecule has 4 nitrogen and oxygen atoms in total. The van der Waals surface area contributed by atoms with Crippen molar-refractivity contribution >= 4 is 29.7 Å². The second-order valence-electron chi connectivity index (χ2n) is 5.25. The molecule has 2 fully saturated rings. The zero-order chi connectivity index (χ0) is 13.1. The van der Waals surface area contributed by atoms with Gasteiger partial charge in [-0.3, -0.25) is 4.79 Å². The van der Waals surface area contributed by atoms with Gasteiger partial charge in [-0.05, 0) is 41.8 Å². The fourth-order valence-corrected chi connectivity index (χ4v) is 3.51. The first kappa shape index (κ1) is 15.8. The molecule has 1 aromatic rings. The quantitative estimate of drug-likeness (QED) is 0.929. The third kappa shape index (κ3) is 3.73. The van der Waals surface area contributed by atoms with Crippen LogP contribution in [0.3, 0.4) is 0 Å². The Bertz CT molecular complexity index is 421. The first-order chi connectivity index (χ1) is 9.33. The Kier molecular flexibility index (Phi) is 5.84. The van der Waals surface area contributed by atoms with Gasteiger partial charge in [0.15, 0.2) is 0 Å². The van der Waals surface area contributed by atoms with Gasteiger partial charge in [0.25, 0.3) is 0 Å². The maximum atomic E-state index is 12.3. The van der Waals surface area contributed by atoms with Crippen LogP contribution in [0, 0.1) is 0 Å². The minimum atomic E-state index is 0. The van der Waals surface area contributed by atoms with E-state index in [9.17, 15) is 4.79 Å². The molecule has 0 saturated carbocycles. The van der Waals surface area contributed by atoms with Gasteiger partial charge in [-0.25, -0.2) is 0 Å². The Morgan fingerprint density at radius 1 is 1.55 bits per heavy atom. The molecule has 2 atom stereocenters. The van der Waals surface area contributed by atoms with Crippen molar-refractivity contribution in [2.75, 3.05) is 26.2 Å². The van der Waals surface area contributed by atoms with Gasteiger partial charge in [0.2, 0.25) is 5.91 Å². The average molecular weight is 317 g/mol. The normalized spacial score (nSPS) is 26.3. The minimum Gasteiger partial charge on any atom is -0.370 e. The van der Waals surface area contributed by atoms with Crippen molar-refractivity contribution in [1.82, 2.24) is 10.2 Å². The summed E-state index contributed by atoms with van der Waals surface area (Å²) in [5.74, 6) is 0.267. The smallest absolute Gasteiger partial charge is 0.224 e. The Hall–Kier alpha value is -0.620. The van der Waals surface area contributed by atoms with Crippen LogP contribution in [-0.2, 0) is 9.53 Å². The van der Waals surface area contributed by atoms with Crippen LogP contribution in [0.5, 0.6) is 0 Å². The molecule has 1 aromatic heterocycles. The van der Waals surface area contributed by atoms with Gasteiger partial charge in [-0.1, -0.05) is 0 Å². The molecule has 0 bridgehead atoms. The van der Waals surface area contributed by atoms with E-state index in [1.165, 1.54) is 12.0 Å². The maximum Gasteiger partial charge on any atom is 0.224 e. The van der Waals surface area contributed by atoms with Gasteiger partial charge >= 0.3 is 0 Å². The summed E-state index contributed by atoms with van der Waals surface area (Å²) in [6.45, 7) is 3.12. The number of ether oxygens (including phenoxy) is 1. The molecule has 2 aliphatic heterocycles. The van der Waals surface area contributed by atoms with Crippen LogP contribution in [0.2, 0.25) is 0 Å². The summed E-state index contributed by atoms with van der Waals surface area (Å²) in [6, 6.07) is 2.47. The first-order valence-corrected chi connectivity index (χ1v) is 7.92. The van der Waals surface area contributed by atoms with Crippen LogP contribution >= 0.6 is 23.7 Å². The molecule has 112 valence electrons. The van der Waals surface area contributed by atoms with Crippen LogP contribution in [0.4, 0.5) is 0 Å². The molecule has 1 amide bonds. The van der Waals surface area contributed by atoms with Gasteiger partial charge < -0.3 is 15.0 Å². The largest absolute Gasteiger partial charge is 0.370 e. The third-order valence-electron chi connectivity index (χ3n) is 3.92. The van der Waals surface area contributed by atoms with Gasteiger partial charge in [0, 0.05) is 19.0 Å². The molecule has 1 N–H and O–H groups in total. The second-order valence-corrected chi connectivity index (χ2v) is 6.03. The van der Waals surface area contributed by atoms with Gasteiger partial charge in [0.05, 0.1) is 13.2 Å². The lowest BCUT2D eigenvalue weighted by Gasteiger charge is -2.33. The first-order valence-electron chi connectivity index (χ1n) is 6.98. The molecule has 3 rings (SSSR count). The van der Waals surface area contributed by atoms with E-state index in [-0.39, 0.29) is 24.4 Å². The summed E-state index contributed by atoms with van der Waals surface area (Å²) >= 11 is 1.68. The van der Waals surface area contributed by atoms with E-state index in [2.05, 4.69) is 22.1 Å². The van der Waals surface area contributed by atoms with Crippen molar-refractivity contribution in [2.24, 2.45) is 0 Å². The van der Waals surface area contributed by atoms with E-state index in [1.807, 2.05) is 4.90 Å². The fourth-order valence-electron chi connectivity index (χ4n) is 2.81. The number of thiophene rings is 1. The van der Waals surface area contributed by atoms with Gasteiger partial charge in [0.1, 0.15) is 6.10 Å². The maximum absolute atomic E-state index is 12.3. The van der Waals surface area contributed by atoms with Crippen LogP contribution in [0.1, 0.15) is 30.9 Å². The number of rotatable bonds is 3. The summed E-state index contributed by atoms with van der Waals surface area (Å²) in [4.78, 5) is 14.3. The van der Waals surface area contributed by atoms with E-state index in [0.29, 0.717) is 25.6 Å². The predicted molar refractivity (Wildman–Crippen MR) is 82.5 cm³/mol. The highest BCUT2D eigenvalue weighted by Gasteiger charge is 2.27. The molecule has 0 aliphatic carbocycles. The molecular formula is C14H21ClN2O2S. The minimum absolute atomic E-state index is 0. The van der Waals surface area contributed by atoms with E-state index in [0.717, 1.165) is 19.5 Å². The third-order valence-corrected chi connectivity index (χ3v) is 4.62. The monoisotopic (exact) mass is 316 g/mol. The lowest BCUT2D eigenvalue weighted by molar-refractivity contribution is -0.139. The lowest BCUT2D eigenvalue weighted by atomic mass is 10.1. The van der Waals surface area contributed by atoms with Crippen molar-refractivity contribution < 1.29 is 9.53 Å². The zero-order valence-electron chi connectivity index (χ0n) is 11.4. The Balaban J connectivity index is 0.00000147. The highest BCUT2D eigenvalue weighted by Crippen LogP contribution is 2.24. The van der Waals surface area contributed by atoms with Crippen LogP contribution < -0.4 is 5.32 Å². The summed E-state index contributed by atoms with van der Waals surface area (Å²) in [5.41, 5.74) is 1.20. The molecule has 20 heavy (non-hydrogen) atoms. The molecule has 2 aliphatic rings. The standard InChI is InChI=1S/C14H20N2O2S.ClH/c17-14(8-12-2-1-4-15-12)16-5-6-18-13(9-16)11-3-7-19-10-11;/h3,7,10,12-13,15H,1-2,4-6,8-9H2;1H. The molecule has 6 heteroatoms. The van der Waals surface area contributed by atoms with Gasteiger partial charge in [-0.15, -0.1) is 12.4 Å². The lowest BCUT2D eigenvalue weighted by Crippen LogP contribution is -2.44. The average Bonchev–Trinajstić information content (AvgIpc) is 3.12. The van der Waals surface area contributed by atoms with Crippen molar-refractivity contribution in [3.8, 4) is 0 Å². The van der Waals surface area contributed by atoms with Crippen molar-refractivity contribution in [3.05, 3.63) is 22.4 Å². The number of nitrogens with one attached hydrogen (secondary N) is 1. The number of amides is 1. The number of nitrogens with zero attached hydrogens (tertiary/aromatic N) is 1. The Morgan fingerprint density at radius 3 is 3.15 bits per heavy atom. The topological polar surface area (TPSA) is 41.6 Å². The SMILES string of the molecule is Cl.O=C(CC1CCCN1)N1CCOC(c2ccsc2)C1. The predicted octanol–water partition coefficient (Wildman–Crippen LogP) is 2.21. The zero-order valence-corrected chi connectivity index (χ0v) is 13.0. The molecule has 0 radical (unpaired) electrons. The number of morpholine rings is 1. The second kappa shape index (κ2) is 7.41. The summed E-state index contributed by atoms with van der Waals surface area (Å²) in [7, 11) is 0. The Morgan fingerprint density at radius 2 is 2.45 bits per heavy atom. The highest BCUT2D eigenvalue weighted by atomic mass is 35.5. The summed E-state index contributed by atoms with van der Waals surface area (Å²) in [5, 5.41) is 7.55. The van der Waals surface area contributed by atoms with Crippen LogP contribution in [0.25, 0.3) is 0 Å². The number of hydrogen-bond acceptors (Lipinski definition) is 4. The number of carbonyl (C=O) groups excluding carboxylic acids is 1. The number of halogens is 1. The van der Waals surface area contributed by atoms with E-state index in [4.69, 9.17) is 4.74 Å². The Labute approximate surface area is 129 Å². The molecule has 2 saturated heterocycles. The van der Waals surface area contributed by atoms with Crippen molar-refractivity contribution in [3.63, 3.8) is 0 Å². The summed E-state index contributed by atoms with van der Waals surface area (Å²) < 4.78 is 5.77. The molecule has 0 aromatic carbocycles. The molecular weight excluding hydrogens is 296 g/mol. The summed E-state index contributed by atoms with van der Waals surface area (Å²) in [6.07, 6.45) is 3.01. The van der Waals surface area contributed by atoms with E-state index >= 15 is 0 Å².